The van der Waals surface area contributed by atoms with Crippen molar-refractivity contribution in [1.82, 2.24) is 0 Å². The number of aromatic hydroxyl groups is 2. The Kier molecular flexibility index (Phi) is 4.18. The SMILES string of the molecule is COc1ccc(OC(=O)Oc2c(C)cccc2O)cc1O. The molecule has 2 aromatic carbocycles. The Bertz CT molecular complexity index is 645. The smallest absolute Gasteiger partial charge is 0.504 e. The van der Waals surface area contributed by atoms with E-state index >= 15 is 0 Å². The lowest BCUT2D eigenvalue weighted by atomic mass is 10.2. The van der Waals surface area contributed by atoms with E-state index in [2.05, 4.69) is 0 Å². The molecule has 110 valence electrons. The summed E-state index contributed by atoms with van der Waals surface area (Å²) < 4.78 is 14.8. The maximum atomic E-state index is 11.7. The van der Waals surface area contributed by atoms with Crippen LogP contribution in [-0.2, 0) is 0 Å². The minimum absolute atomic E-state index is 0.0280. The van der Waals surface area contributed by atoms with Crippen molar-refractivity contribution in [2.75, 3.05) is 7.11 Å². The van der Waals surface area contributed by atoms with Crippen molar-refractivity contribution < 1.29 is 29.2 Å². The predicted octanol–water partition coefficient (Wildman–Crippen LogP) is 2.99. The van der Waals surface area contributed by atoms with Gasteiger partial charge in [-0.1, -0.05) is 12.1 Å². The molecule has 0 radical (unpaired) electrons. The van der Waals surface area contributed by atoms with Crippen LogP contribution in [0.25, 0.3) is 0 Å². The first-order chi connectivity index (χ1) is 10.0. The monoisotopic (exact) mass is 290 g/mol. The molecule has 0 fully saturated rings. The van der Waals surface area contributed by atoms with Crippen LogP contribution in [0.15, 0.2) is 36.4 Å². The van der Waals surface area contributed by atoms with Crippen molar-refractivity contribution in [3.63, 3.8) is 0 Å². The largest absolute Gasteiger partial charge is 0.519 e. The molecule has 0 atom stereocenters. The Morgan fingerprint density at radius 1 is 1.05 bits per heavy atom. The molecule has 0 saturated carbocycles. The Balaban J connectivity index is 2.10. The topological polar surface area (TPSA) is 85.2 Å². The van der Waals surface area contributed by atoms with Crippen molar-refractivity contribution in [3.05, 3.63) is 42.0 Å². The molecule has 6 heteroatoms. The third kappa shape index (κ3) is 3.36. The van der Waals surface area contributed by atoms with Gasteiger partial charge in [0.25, 0.3) is 0 Å². The summed E-state index contributed by atoms with van der Waals surface area (Å²) in [5.74, 6) is 0.0462. The van der Waals surface area contributed by atoms with Gasteiger partial charge in [0, 0.05) is 6.07 Å². The third-order valence-corrected chi connectivity index (χ3v) is 2.73. The third-order valence-electron chi connectivity index (χ3n) is 2.73. The number of rotatable bonds is 3. The summed E-state index contributed by atoms with van der Waals surface area (Å²) in [5.41, 5.74) is 0.588. The van der Waals surface area contributed by atoms with Gasteiger partial charge >= 0.3 is 6.16 Å². The van der Waals surface area contributed by atoms with Gasteiger partial charge in [-0.3, -0.25) is 0 Å². The maximum absolute atomic E-state index is 11.7. The number of phenolic OH excluding ortho intramolecular Hbond substituents is 2. The van der Waals surface area contributed by atoms with Crippen LogP contribution in [-0.4, -0.2) is 23.5 Å². The summed E-state index contributed by atoms with van der Waals surface area (Å²) in [6.07, 6.45) is -1.02. The van der Waals surface area contributed by atoms with E-state index in [0.717, 1.165) is 0 Å². The van der Waals surface area contributed by atoms with E-state index < -0.39 is 6.16 Å². The molecule has 0 aliphatic heterocycles. The lowest BCUT2D eigenvalue weighted by Crippen LogP contribution is -2.14. The molecule has 2 rings (SSSR count). The minimum Gasteiger partial charge on any atom is -0.504 e. The maximum Gasteiger partial charge on any atom is 0.519 e. The highest BCUT2D eigenvalue weighted by atomic mass is 16.7. The number of carbonyl (C=O) groups is 1. The average Bonchev–Trinajstić information content (AvgIpc) is 2.43. The number of carbonyl (C=O) groups excluding carboxylic acids is 1. The van der Waals surface area contributed by atoms with Crippen molar-refractivity contribution in [3.8, 4) is 28.7 Å². The Hall–Kier alpha value is -2.89. The highest BCUT2D eigenvalue weighted by Gasteiger charge is 2.14. The molecule has 0 amide bonds. The van der Waals surface area contributed by atoms with Gasteiger partial charge in [0.15, 0.2) is 23.0 Å². The number of benzene rings is 2. The molecule has 21 heavy (non-hydrogen) atoms. The average molecular weight is 290 g/mol. The van der Waals surface area contributed by atoms with E-state index in [9.17, 15) is 15.0 Å². The fourth-order valence-corrected chi connectivity index (χ4v) is 1.70. The number of hydrogen-bond donors (Lipinski definition) is 2. The van der Waals surface area contributed by atoms with Gasteiger partial charge < -0.3 is 24.4 Å². The van der Waals surface area contributed by atoms with Crippen LogP contribution in [0.5, 0.6) is 28.7 Å². The molecular formula is C15H14O6. The fraction of sp³-hybridized carbons (Fsp3) is 0.133. The Labute approximate surface area is 121 Å². The summed E-state index contributed by atoms with van der Waals surface area (Å²) >= 11 is 0. The molecule has 0 aliphatic carbocycles. The lowest BCUT2D eigenvalue weighted by Gasteiger charge is -2.10. The first-order valence-electron chi connectivity index (χ1n) is 6.06. The molecule has 0 aliphatic rings. The Morgan fingerprint density at radius 3 is 2.43 bits per heavy atom. The zero-order chi connectivity index (χ0) is 15.4. The van der Waals surface area contributed by atoms with Gasteiger partial charge in [0.2, 0.25) is 0 Å². The molecule has 0 heterocycles. The molecule has 0 aromatic heterocycles. The van der Waals surface area contributed by atoms with Crippen LogP contribution in [0.3, 0.4) is 0 Å². The lowest BCUT2D eigenvalue weighted by molar-refractivity contribution is 0.149. The minimum atomic E-state index is -1.02. The second kappa shape index (κ2) is 6.04. The van der Waals surface area contributed by atoms with Gasteiger partial charge in [-0.25, -0.2) is 4.79 Å². The van der Waals surface area contributed by atoms with Crippen LogP contribution >= 0.6 is 0 Å². The van der Waals surface area contributed by atoms with Crippen molar-refractivity contribution >= 4 is 6.16 Å². The fourth-order valence-electron chi connectivity index (χ4n) is 1.70. The van der Waals surface area contributed by atoms with E-state index in [4.69, 9.17) is 14.2 Å². The Morgan fingerprint density at radius 2 is 1.81 bits per heavy atom. The predicted molar refractivity (Wildman–Crippen MR) is 74.2 cm³/mol. The number of methoxy groups -OCH3 is 1. The van der Waals surface area contributed by atoms with E-state index in [0.29, 0.717) is 5.56 Å². The second-order valence-corrected chi connectivity index (χ2v) is 4.21. The molecule has 0 saturated heterocycles. The number of para-hydroxylation sites is 1. The number of phenols is 2. The van der Waals surface area contributed by atoms with E-state index in [-0.39, 0.29) is 28.7 Å². The zero-order valence-electron chi connectivity index (χ0n) is 11.5. The standard InChI is InChI=1S/C15H14O6/c1-9-4-3-5-11(16)14(9)21-15(18)20-10-6-7-13(19-2)12(17)8-10/h3-8,16-17H,1-2H3. The molecule has 2 aromatic rings. The summed E-state index contributed by atoms with van der Waals surface area (Å²) in [5, 5.41) is 19.2. The van der Waals surface area contributed by atoms with Crippen molar-refractivity contribution in [2.24, 2.45) is 0 Å². The van der Waals surface area contributed by atoms with Gasteiger partial charge in [0.05, 0.1) is 7.11 Å². The molecular weight excluding hydrogens is 276 g/mol. The zero-order valence-corrected chi connectivity index (χ0v) is 11.5. The number of ether oxygens (including phenoxy) is 3. The van der Waals surface area contributed by atoms with Crippen LogP contribution in [0.2, 0.25) is 0 Å². The number of hydrogen-bond acceptors (Lipinski definition) is 6. The quantitative estimate of drug-likeness (QED) is 0.667. The van der Waals surface area contributed by atoms with Gasteiger partial charge in [-0.05, 0) is 30.7 Å². The van der Waals surface area contributed by atoms with Crippen molar-refractivity contribution in [1.29, 1.82) is 0 Å². The highest BCUT2D eigenvalue weighted by molar-refractivity contribution is 5.69. The van der Waals surface area contributed by atoms with Crippen LogP contribution in [0.4, 0.5) is 4.79 Å². The normalized spacial score (nSPS) is 10.0. The molecule has 2 N–H and O–H groups in total. The van der Waals surface area contributed by atoms with Crippen LogP contribution < -0.4 is 14.2 Å². The van der Waals surface area contributed by atoms with Gasteiger partial charge in [-0.2, -0.15) is 0 Å². The van der Waals surface area contributed by atoms with E-state index in [1.807, 2.05) is 0 Å². The summed E-state index contributed by atoms with van der Waals surface area (Å²) in [6, 6.07) is 8.82. The van der Waals surface area contributed by atoms with E-state index in [1.165, 1.54) is 31.4 Å². The summed E-state index contributed by atoms with van der Waals surface area (Å²) in [6.45, 7) is 1.68. The molecule has 6 nitrogen and oxygen atoms in total. The summed E-state index contributed by atoms with van der Waals surface area (Å²) in [7, 11) is 1.41. The highest BCUT2D eigenvalue weighted by Crippen LogP contribution is 2.31. The number of aryl methyl sites for hydroxylation is 1. The van der Waals surface area contributed by atoms with Crippen LogP contribution in [0.1, 0.15) is 5.56 Å². The van der Waals surface area contributed by atoms with Gasteiger partial charge in [0.1, 0.15) is 5.75 Å². The van der Waals surface area contributed by atoms with Crippen LogP contribution in [0, 0.1) is 6.92 Å². The van der Waals surface area contributed by atoms with E-state index in [1.54, 1.807) is 19.1 Å². The molecule has 0 spiro atoms. The first-order valence-corrected chi connectivity index (χ1v) is 6.06. The van der Waals surface area contributed by atoms with Gasteiger partial charge in [-0.15, -0.1) is 0 Å². The molecule has 0 unspecified atom stereocenters. The molecule has 0 bridgehead atoms. The van der Waals surface area contributed by atoms with Crippen molar-refractivity contribution in [2.45, 2.75) is 6.92 Å². The second-order valence-electron chi connectivity index (χ2n) is 4.21. The first kappa shape index (κ1) is 14.5. The summed E-state index contributed by atoms with van der Waals surface area (Å²) in [4.78, 5) is 11.7.